The summed E-state index contributed by atoms with van der Waals surface area (Å²) in [5.74, 6) is 0. The molecule has 1 rings (SSSR count). The van der Waals surface area contributed by atoms with Crippen LogP contribution in [0.3, 0.4) is 0 Å². The Morgan fingerprint density at radius 3 is 2.60 bits per heavy atom. The van der Waals surface area contributed by atoms with Gasteiger partial charge in [0.05, 0.1) is 6.07 Å². The Morgan fingerprint density at radius 1 is 1.07 bits per heavy atom. The fraction of sp³-hybridized carbons (Fsp3) is 0.429. The maximum Gasteiger partial charge on any atom is 0.0621 e. The van der Waals surface area contributed by atoms with E-state index in [1.54, 1.807) is 0 Å². The molecule has 1 nitrogen and oxygen atoms in total. The second kappa shape index (κ2) is 8.05. The molecule has 0 N–H and O–H groups in total. The molecule has 0 saturated heterocycles. The Kier molecular flexibility index (Phi) is 6.33. The number of benzene rings is 1. The summed E-state index contributed by atoms with van der Waals surface area (Å²) >= 11 is 0. The van der Waals surface area contributed by atoms with Crippen LogP contribution in [0.4, 0.5) is 0 Å². The molecule has 0 fully saturated rings. The molecular weight excluding hydrogens is 182 g/mol. The molecule has 0 atom stereocenters. The molecule has 0 aliphatic heterocycles. The quantitative estimate of drug-likeness (QED) is 0.612. The van der Waals surface area contributed by atoms with Crippen LogP contribution in [0.5, 0.6) is 0 Å². The maximum atomic E-state index is 8.36. The van der Waals surface area contributed by atoms with E-state index in [-0.39, 0.29) is 0 Å². The predicted molar refractivity (Wildman–Crippen MR) is 63.1 cm³/mol. The van der Waals surface area contributed by atoms with Crippen molar-refractivity contribution in [3.05, 3.63) is 42.3 Å². The summed E-state index contributed by atoms with van der Waals surface area (Å²) < 4.78 is 0. The van der Waals surface area contributed by atoms with Crippen LogP contribution < -0.4 is 0 Å². The van der Waals surface area contributed by atoms with Gasteiger partial charge in [0, 0.05) is 6.42 Å². The van der Waals surface area contributed by atoms with Crippen molar-refractivity contribution >= 4 is 0 Å². The number of rotatable bonds is 7. The van der Waals surface area contributed by atoms with E-state index >= 15 is 0 Å². The van der Waals surface area contributed by atoms with E-state index in [0.29, 0.717) is 6.42 Å². The molecule has 15 heavy (non-hydrogen) atoms. The molecule has 1 heteroatoms. The second-order valence-electron chi connectivity index (χ2n) is 3.74. The van der Waals surface area contributed by atoms with Gasteiger partial charge in [0.1, 0.15) is 0 Å². The molecule has 79 valence electrons. The average molecular weight is 200 g/mol. The highest BCUT2D eigenvalue weighted by molar-refractivity contribution is 5.16. The first-order chi connectivity index (χ1) is 7.43. The molecule has 0 saturated carbocycles. The Hall–Kier alpha value is -1.29. The lowest BCUT2D eigenvalue weighted by Crippen LogP contribution is -1.86. The smallest absolute Gasteiger partial charge is 0.0621 e. The lowest BCUT2D eigenvalue weighted by atomic mass is 10.1. The van der Waals surface area contributed by atoms with Crippen LogP contribution >= 0.6 is 0 Å². The number of nitriles is 1. The van der Waals surface area contributed by atoms with Gasteiger partial charge in [0.25, 0.3) is 0 Å². The van der Waals surface area contributed by atoms with Gasteiger partial charge in [-0.15, -0.1) is 0 Å². The van der Waals surface area contributed by atoms with Crippen LogP contribution in [-0.4, -0.2) is 0 Å². The van der Waals surface area contributed by atoms with E-state index in [9.17, 15) is 0 Å². The highest BCUT2D eigenvalue weighted by Crippen LogP contribution is 2.08. The molecule has 0 aromatic heterocycles. The molecule has 0 unspecified atom stereocenters. The van der Waals surface area contributed by atoms with Crippen LogP contribution in [0.1, 0.15) is 37.7 Å². The summed E-state index contributed by atoms with van der Waals surface area (Å²) in [5, 5.41) is 8.36. The van der Waals surface area contributed by atoms with Gasteiger partial charge in [-0.05, 0) is 31.2 Å². The van der Waals surface area contributed by atoms with Gasteiger partial charge in [-0.2, -0.15) is 5.26 Å². The van der Waals surface area contributed by atoms with E-state index in [1.807, 2.05) is 6.07 Å². The highest BCUT2D eigenvalue weighted by Gasteiger charge is 1.93. The first-order valence-electron chi connectivity index (χ1n) is 5.66. The van der Waals surface area contributed by atoms with Gasteiger partial charge in [0.2, 0.25) is 0 Å². The first kappa shape index (κ1) is 11.8. The molecule has 1 radical (unpaired) electrons. The zero-order valence-corrected chi connectivity index (χ0v) is 9.15. The van der Waals surface area contributed by atoms with Crippen LogP contribution in [0.25, 0.3) is 0 Å². The van der Waals surface area contributed by atoms with Gasteiger partial charge < -0.3 is 0 Å². The Labute approximate surface area is 92.7 Å². The van der Waals surface area contributed by atoms with E-state index in [2.05, 4.69) is 36.8 Å². The number of hydrogen-bond acceptors (Lipinski definition) is 1. The Balaban J connectivity index is 1.96. The molecular formula is C14H18N. The summed E-state index contributed by atoms with van der Waals surface area (Å²) in [6.45, 7) is 0. The molecule has 1 aromatic rings. The summed E-state index contributed by atoms with van der Waals surface area (Å²) in [7, 11) is 0. The first-order valence-corrected chi connectivity index (χ1v) is 5.66. The van der Waals surface area contributed by atoms with Crippen molar-refractivity contribution in [3.63, 3.8) is 0 Å². The Bertz CT molecular complexity index is 284. The fourth-order valence-electron chi connectivity index (χ4n) is 1.55. The van der Waals surface area contributed by atoms with Crippen molar-refractivity contribution in [1.82, 2.24) is 0 Å². The lowest BCUT2D eigenvalue weighted by Gasteiger charge is -2.00. The third-order valence-electron chi connectivity index (χ3n) is 2.42. The van der Waals surface area contributed by atoms with E-state index in [0.717, 1.165) is 12.8 Å². The average Bonchev–Trinajstić information content (AvgIpc) is 2.29. The largest absolute Gasteiger partial charge is 0.198 e. The highest BCUT2D eigenvalue weighted by atomic mass is 14.2. The van der Waals surface area contributed by atoms with Gasteiger partial charge in [-0.1, -0.05) is 43.2 Å². The van der Waals surface area contributed by atoms with Crippen LogP contribution in [0.2, 0.25) is 0 Å². The van der Waals surface area contributed by atoms with Crippen molar-refractivity contribution in [2.75, 3.05) is 0 Å². The monoisotopic (exact) mass is 200 g/mol. The van der Waals surface area contributed by atoms with E-state index in [4.69, 9.17) is 5.26 Å². The number of hydrogen-bond donors (Lipinski definition) is 0. The molecule has 0 spiro atoms. The molecule has 0 aliphatic carbocycles. The van der Waals surface area contributed by atoms with E-state index < -0.39 is 0 Å². The SMILES string of the molecule is N#CCCCCC[CH]Cc1ccccc1. The molecule has 0 aliphatic rings. The summed E-state index contributed by atoms with van der Waals surface area (Å²) in [4.78, 5) is 0. The van der Waals surface area contributed by atoms with Gasteiger partial charge in [0.15, 0.2) is 0 Å². The molecule has 0 heterocycles. The lowest BCUT2D eigenvalue weighted by molar-refractivity contribution is 0.678. The maximum absolute atomic E-state index is 8.36. The fourth-order valence-corrected chi connectivity index (χ4v) is 1.55. The minimum atomic E-state index is 0.707. The molecule has 0 bridgehead atoms. The third-order valence-corrected chi connectivity index (χ3v) is 2.42. The predicted octanol–water partition coefficient (Wildman–Crippen LogP) is 3.91. The van der Waals surface area contributed by atoms with Crippen molar-refractivity contribution in [1.29, 1.82) is 5.26 Å². The van der Waals surface area contributed by atoms with Crippen molar-refractivity contribution in [3.8, 4) is 6.07 Å². The zero-order valence-electron chi connectivity index (χ0n) is 9.15. The topological polar surface area (TPSA) is 23.8 Å². The number of nitrogens with zero attached hydrogens (tertiary/aromatic N) is 1. The number of unbranched alkanes of at least 4 members (excludes halogenated alkanes) is 5. The molecule has 0 amide bonds. The third kappa shape index (κ3) is 5.91. The molecule has 1 aromatic carbocycles. The van der Waals surface area contributed by atoms with E-state index in [1.165, 1.54) is 24.8 Å². The van der Waals surface area contributed by atoms with Crippen molar-refractivity contribution in [2.24, 2.45) is 0 Å². The van der Waals surface area contributed by atoms with Crippen LogP contribution in [-0.2, 0) is 6.42 Å². The minimum Gasteiger partial charge on any atom is -0.198 e. The minimum absolute atomic E-state index is 0.707. The van der Waals surface area contributed by atoms with Crippen LogP contribution in [0, 0.1) is 17.8 Å². The summed E-state index contributed by atoms with van der Waals surface area (Å²) in [6.07, 6.45) is 8.73. The van der Waals surface area contributed by atoms with Gasteiger partial charge in [-0.25, -0.2) is 0 Å². The second-order valence-corrected chi connectivity index (χ2v) is 3.74. The Morgan fingerprint density at radius 2 is 1.87 bits per heavy atom. The normalized spacial score (nSPS) is 9.80. The van der Waals surface area contributed by atoms with Crippen molar-refractivity contribution in [2.45, 2.75) is 38.5 Å². The summed E-state index contributed by atoms with van der Waals surface area (Å²) in [5.41, 5.74) is 1.38. The standard InChI is InChI=1S/C14H18N/c15-13-9-4-2-1-3-6-10-14-11-7-5-8-12-14/h5-8,11-12H,1-4,9-10H2. The van der Waals surface area contributed by atoms with Crippen molar-refractivity contribution < 1.29 is 0 Å². The van der Waals surface area contributed by atoms with Gasteiger partial charge in [-0.3, -0.25) is 0 Å². The van der Waals surface area contributed by atoms with Crippen LogP contribution in [0.15, 0.2) is 30.3 Å². The zero-order chi connectivity index (χ0) is 10.8. The summed E-state index contributed by atoms with van der Waals surface area (Å²) in [6, 6.07) is 12.7. The van der Waals surface area contributed by atoms with Gasteiger partial charge >= 0.3 is 0 Å².